The molecule has 0 aromatic heterocycles. The highest BCUT2D eigenvalue weighted by atomic mass is 16.5. The second kappa shape index (κ2) is 7.80. The van der Waals surface area contributed by atoms with E-state index in [1.165, 1.54) is 63.4 Å². The summed E-state index contributed by atoms with van der Waals surface area (Å²) in [6.07, 6.45) is 12.2. The summed E-state index contributed by atoms with van der Waals surface area (Å²) in [6, 6.07) is 8.90. The fourth-order valence-electron chi connectivity index (χ4n) is 4.15. The van der Waals surface area contributed by atoms with Crippen LogP contribution in [-0.2, 0) is 11.3 Å². The lowest BCUT2D eigenvalue weighted by molar-refractivity contribution is -0.133. The van der Waals surface area contributed by atoms with Crippen LogP contribution in [0, 0.1) is 11.8 Å². The normalized spacial score (nSPS) is 21.1. The molecule has 25 heavy (non-hydrogen) atoms. The molecule has 1 aromatic rings. The van der Waals surface area contributed by atoms with Crippen LogP contribution in [0.25, 0.3) is 0 Å². The van der Waals surface area contributed by atoms with Crippen LogP contribution >= 0.6 is 0 Å². The zero-order valence-electron chi connectivity index (χ0n) is 15.3. The van der Waals surface area contributed by atoms with E-state index in [0.717, 1.165) is 31.2 Å². The predicted molar refractivity (Wildman–Crippen MR) is 99.4 cm³/mol. The van der Waals surface area contributed by atoms with Crippen LogP contribution in [0.15, 0.2) is 24.3 Å². The molecule has 3 saturated carbocycles. The van der Waals surface area contributed by atoms with E-state index in [-0.39, 0.29) is 0 Å². The minimum Gasteiger partial charge on any atom is -0.493 e. The molecule has 136 valence electrons. The van der Waals surface area contributed by atoms with Crippen molar-refractivity contribution in [2.75, 3.05) is 6.61 Å². The molecule has 3 aliphatic carbocycles. The van der Waals surface area contributed by atoms with Crippen molar-refractivity contribution in [1.82, 2.24) is 4.90 Å². The van der Waals surface area contributed by atoms with Crippen molar-refractivity contribution in [2.24, 2.45) is 11.8 Å². The van der Waals surface area contributed by atoms with Gasteiger partial charge >= 0.3 is 0 Å². The largest absolute Gasteiger partial charge is 0.493 e. The van der Waals surface area contributed by atoms with Gasteiger partial charge in [-0.15, -0.1) is 0 Å². The van der Waals surface area contributed by atoms with Gasteiger partial charge in [0.25, 0.3) is 0 Å². The lowest BCUT2D eigenvalue weighted by atomic mass is 9.86. The van der Waals surface area contributed by atoms with Crippen molar-refractivity contribution in [3.63, 3.8) is 0 Å². The summed E-state index contributed by atoms with van der Waals surface area (Å²) in [6.45, 7) is 1.62. The van der Waals surface area contributed by atoms with Crippen molar-refractivity contribution >= 4 is 5.91 Å². The van der Waals surface area contributed by atoms with Crippen molar-refractivity contribution in [1.29, 1.82) is 0 Å². The fraction of sp³-hybridized carbons (Fsp3) is 0.682. The molecule has 0 unspecified atom stereocenters. The first-order chi connectivity index (χ1) is 12.3. The molecular formula is C22H31NO2. The van der Waals surface area contributed by atoms with Crippen molar-refractivity contribution in [3.05, 3.63) is 29.8 Å². The summed E-state index contributed by atoms with van der Waals surface area (Å²) in [5.41, 5.74) is 1.22. The quantitative estimate of drug-likeness (QED) is 0.670. The van der Waals surface area contributed by atoms with E-state index >= 15 is 0 Å². The highest BCUT2D eigenvalue weighted by Crippen LogP contribution is 2.33. The minimum atomic E-state index is 0.375. The number of amides is 1. The Hall–Kier alpha value is -1.51. The lowest BCUT2D eigenvalue weighted by Gasteiger charge is -2.25. The van der Waals surface area contributed by atoms with E-state index in [1.54, 1.807) is 0 Å². The minimum absolute atomic E-state index is 0.375. The number of carbonyl (C=O) groups is 1. The van der Waals surface area contributed by atoms with Gasteiger partial charge < -0.3 is 9.64 Å². The van der Waals surface area contributed by atoms with Gasteiger partial charge in [0.1, 0.15) is 5.75 Å². The van der Waals surface area contributed by atoms with Crippen LogP contribution in [0.3, 0.4) is 0 Å². The van der Waals surface area contributed by atoms with Gasteiger partial charge in [0.05, 0.1) is 6.61 Å². The number of carbonyl (C=O) groups excluding carboxylic acids is 1. The van der Waals surface area contributed by atoms with Crippen molar-refractivity contribution in [3.8, 4) is 5.75 Å². The molecule has 1 aromatic carbocycles. The smallest absolute Gasteiger partial charge is 0.223 e. The summed E-state index contributed by atoms with van der Waals surface area (Å²) in [7, 11) is 0. The Labute approximate surface area is 151 Å². The molecule has 1 amide bonds. The van der Waals surface area contributed by atoms with Crippen molar-refractivity contribution < 1.29 is 9.53 Å². The van der Waals surface area contributed by atoms with E-state index < -0.39 is 0 Å². The second-order valence-corrected chi connectivity index (χ2v) is 8.36. The zero-order chi connectivity index (χ0) is 17.1. The Morgan fingerprint density at radius 3 is 2.20 bits per heavy atom. The average molecular weight is 341 g/mol. The van der Waals surface area contributed by atoms with Crippen LogP contribution in [0.1, 0.15) is 69.8 Å². The maximum atomic E-state index is 12.8. The van der Waals surface area contributed by atoms with Gasteiger partial charge in [0.2, 0.25) is 5.91 Å². The number of hydrogen-bond donors (Lipinski definition) is 0. The van der Waals surface area contributed by atoms with Crippen LogP contribution in [0.4, 0.5) is 0 Å². The first kappa shape index (κ1) is 16.9. The summed E-state index contributed by atoms with van der Waals surface area (Å²) in [4.78, 5) is 14.9. The van der Waals surface area contributed by atoms with Gasteiger partial charge in [-0.1, -0.05) is 31.4 Å². The molecule has 0 N–H and O–H groups in total. The monoisotopic (exact) mass is 341 g/mol. The lowest BCUT2D eigenvalue weighted by Crippen LogP contribution is -2.33. The molecule has 0 aliphatic heterocycles. The standard InChI is InChI=1S/C22H31NO2/c24-22(14-17-4-1-2-5-17)23(20-10-11-20)15-18-8-12-21(13-9-18)25-16-19-6-3-7-19/h8-9,12-13,17,19-20H,1-7,10-11,14-16H2. The Kier molecular flexibility index (Phi) is 5.28. The van der Waals surface area contributed by atoms with Gasteiger partial charge in [-0.25, -0.2) is 0 Å². The summed E-state index contributed by atoms with van der Waals surface area (Å²) in [5.74, 6) is 2.74. The summed E-state index contributed by atoms with van der Waals surface area (Å²) >= 11 is 0. The number of ether oxygens (including phenoxy) is 1. The van der Waals surface area contributed by atoms with E-state index in [9.17, 15) is 4.79 Å². The van der Waals surface area contributed by atoms with E-state index in [0.29, 0.717) is 17.9 Å². The molecule has 0 heterocycles. The third-order valence-corrected chi connectivity index (χ3v) is 6.23. The second-order valence-electron chi connectivity index (χ2n) is 8.36. The van der Waals surface area contributed by atoms with Gasteiger partial charge in [-0.2, -0.15) is 0 Å². The van der Waals surface area contributed by atoms with Gasteiger partial charge in [0, 0.05) is 19.0 Å². The average Bonchev–Trinajstić information content (AvgIpc) is 3.29. The third kappa shape index (κ3) is 4.56. The predicted octanol–water partition coefficient (Wildman–Crippen LogP) is 4.94. The van der Waals surface area contributed by atoms with E-state index in [2.05, 4.69) is 29.2 Å². The third-order valence-electron chi connectivity index (χ3n) is 6.23. The van der Waals surface area contributed by atoms with Crippen LogP contribution in [0.2, 0.25) is 0 Å². The highest BCUT2D eigenvalue weighted by Gasteiger charge is 2.33. The maximum absolute atomic E-state index is 12.8. The molecule has 3 heteroatoms. The number of benzene rings is 1. The number of nitrogens with zero attached hydrogens (tertiary/aromatic N) is 1. The molecule has 3 aliphatic rings. The van der Waals surface area contributed by atoms with Crippen LogP contribution in [-0.4, -0.2) is 23.5 Å². The molecular weight excluding hydrogens is 310 g/mol. The topological polar surface area (TPSA) is 29.5 Å². The Balaban J connectivity index is 1.30. The van der Waals surface area contributed by atoms with E-state index in [1.807, 2.05) is 0 Å². The Morgan fingerprint density at radius 2 is 1.60 bits per heavy atom. The molecule has 3 nitrogen and oxygen atoms in total. The first-order valence-electron chi connectivity index (χ1n) is 10.3. The Morgan fingerprint density at radius 1 is 0.920 bits per heavy atom. The number of rotatable bonds is 8. The van der Waals surface area contributed by atoms with Crippen molar-refractivity contribution in [2.45, 2.75) is 76.8 Å². The molecule has 0 bridgehead atoms. The SMILES string of the molecule is O=C(CC1CCCC1)N(Cc1ccc(OCC2CCC2)cc1)C1CC1. The van der Waals surface area contributed by atoms with Gasteiger partial charge in [0.15, 0.2) is 0 Å². The van der Waals surface area contributed by atoms with Crippen LogP contribution in [0.5, 0.6) is 5.75 Å². The van der Waals surface area contributed by atoms with E-state index in [4.69, 9.17) is 4.74 Å². The fourth-order valence-corrected chi connectivity index (χ4v) is 4.15. The molecule has 0 spiro atoms. The molecule has 0 atom stereocenters. The zero-order valence-corrected chi connectivity index (χ0v) is 15.3. The first-order valence-corrected chi connectivity index (χ1v) is 10.3. The molecule has 0 radical (unpaired) electrons. The molecule has 4 rings (SSSR count). The highest BCUT2D eigenvalue weighted by molar-refractivity contribution is 5.77. The van der Waals surface area contributed by atoms with Crippen LogP contribution < -0.4 is 4.74 Å². The number of hydrogen-bond acceptors (Lipinski definition) is 2. The molecule has 0 saturated heterocycles. The summed E-state index contributed by atoms with van der Waals surface area (Å²) in [5, 5.41) is 0. The van der Waals surface area contributed by atoms with Gasteiger partial charge in [-0.05, 0) is 68.1 Å². The summed E-state index contributed by atoms with van der Waals surface area (Å²) < 4.78 is 5.89. The Bertz CT molecular complexity index is 568. The maximum Gasteiger partial charge on any atom is 0.223 e. The van der Waals surface area contributed by atoms with Gasteiger partial charge in [-0.3, -0.25) is 4.79 Å². The molecule has 3 fully saturated rings.